The normalized spacial score (nSPS) is 24.0. The third kappa shape index (κ3) is 10.6. The van der Waals surface area contributed by atoms with E-state index in [2.05, 4.69) is 58.9 Å². The molecule has 4 N–H and O–H groups in total. The molecule has 2 saturated heterocycles. The molecule has 1 aromatic heterocycles. The maximum atomic E-state index is 14.8. The highest BCUT2D eigenvalue weighted by Gasteiger charge is 2.53. The number of amides is 4. The van der Waals surface area contributed by atoms with Crippen LogP contribution in [0.4, 0.5) is 0 Å². The third-order valence-electron chi connectivity index (χ3n) is 13.9. The largest absolute Gasteiger partial charge is 0.462 e. The van der Waals surface area contributed by atoms with E-state index in [0.29, 0.717) is 24.2 Å². The minimum atomic E-state index is -2.28. The van der Waals surface area contributed by atoms with E-state index >= 15 is 0 Å². The van der Waals surface area contributed by atoms with Crippen LogP contribution in [0.25, 0.3) is 27.6 Å². The lowest BCUT2D eigenvalue weighted by molar-refractivity contribution is -0.189. The summed E-state index contributed by atoms with van der Waals surface area (Å²) in [7, 11) is 3.07. The molecule has 3 aliphatic rings. The number of nitrogens with one attached hydrogen (secondary N) is 2. The van der Waals surface area contributed by atoms with Crippen LogP contribution >= 0.6 is 0 Å². The van der Waals surface area contributed by atoms with Gasteiger partial charge in [-0.2, -0.15) is 5.43 Å². The summed E-state index contributed by atoms with van der Waals surface area (Å²) in [6.07, 6.45) is 3.80. The number of benzene rings is 2. The highest BCUT2D eigenvalue weighted by Crippen LogP contribution is 2.40. The van der Waals surface area contributed by atoms with Crippen molar-refractivity contribution in [2.45, 2.75) is 124 Å². The molecule has 0 spiro atoms. The van der Waals surface area contributed by atoms with Gasteiger partial charge in [-0.1, -0.05) is 83.5 Å². The Morgan fingerprint density at radius 2 is 1.84 bits per heavy atom. The fourth-order valence-electron chi connectivity index (χ4n) is 10.2. The zero-order valence-corrected chi connectivity index (χ0v) is 42.6. The van der Waals surface area contributed by atoms with Gasteiger partial charge in [0.05, 0.1) is 30.6 Å². The van der Waals surface area contributed by atoms with Crippen molar-refractivity contribution in [1.29, 1.82) is 0 Å². The molecule has 6 atom stereocenters. The molecule has 0 radical (unpaired) electrons. The van der Waals surface area contributed by atoms with Gasteiger partial charge >= 0.3 is 5.97 Å². The number of aliphatic hydroxyl groups is 2. The summed E-state index contributed by atoms with van der Waals surface area (Å²) in [5.41, 5.74) is 4.65. The second kappa shape index (κ2) is 21.5. The first kappa shape index (κ1) is 53.2. The summed E-state index contributed by atoms with van der Waals surface area (Å²) >= 11 is 0. The Morgan fingerprint density at radius 3 is 2.49 bits per heavy atom. The Labute approximate surface area is 412 Å². The number of carbonyl (C=O) groups excluding carboxylic acids is 5. The molecule has 16 nitrogen and oxygen atoms in total. The van der Waals surface area contributed by atoms with Crippen LogP contribution in [-0.2, 0) is 52.8 Å². The maximum Gasteiger partial charge on any atom is 0.355 e. The number of cyclic esters (lactones) is 1. The molecular formula is C54H71N7O9. The number of esters is 1. The number of β-amino-alcohol motifs (C(OH)–C–C–N with tert-alkyl or cyclic N) is 1. The van der Waals surface area contributed by atoms with Gasteiger partial charge in [0.25, 0.3) is 17.7 Å². The summed E-state index contributed by atoms with van der Waals surface area (Å²) in [4.78, 5) is 77.7. The number of hydrazine groups is 1. The summed E-state index contributed by atoms with van der Waals surface area (Å²) < 4.78 is 14.0. The highest BCUT2D eigenvalue weighted by molar-refractivity contribution is 5.98. The van der Waals surface area contributed by atoms with Gasteiger partial charge in [-0.3, -0.25) is 29.2 Å². The fourth-order valence-corrected chi connectivity index (χ4v) is 10.2. The predicted molar refractivity (Wildman–Crippen MR) is 269 cm³/mol. The zero-order chi connectivity index (χ0) is 51.5. The van der Waals surface area contributed by atoms with Gasteiger partial charge in [0.2, 0.25) is 11.6 Å². The summed E-state index contributed by atoms with van der Waals surface area (Å²) in [5.74, 6) is 0.349. The molecule has 2 fully saturated rings. The zero-order valence-electron chi connectivity index (χ0n) is 42.6. The number of aliphatic imine (C=N–C) groups is 1. The first-order chi connectivity index (χ1) is 33.1. The lowest BCUT2D eigenvalue weighted by Gasteiger charge is -2.40. The molecule has 376 valence electrons. The Bertz CT molecular complexity index is 2660. The summed E-state index contributed by atoms with van der Waals surface area (Å²) in [6.45, 7) is 21.2. The third-order valence-corrected chi connectivity index (χ3v) is 13.9. The Kier molecular flexibility index (Phi) is 16.3. The van der Waals surface area contributed by atoms with E-state index in [4.69, 9.17) is 14.5 Å². The van der Waals surface area contributed by atoms with Crippen molar-refractivity contribution >= 4 is 52.3 Å². The lowest BCUT2D eigenvalue weighted by Crippen LogP contribution is -2.67. The number of aryl methyl sites for hydroxylation is 1. The van der Waals surface area contributed by atoms with Gasteiger partial charge < -0.3 is 39.4 Å². The van der Waals surface area contributed by atoms with Gasteiger partial charge in [0.15, 0.2) is 5.60 Å². The molecule has 4 amide bonds. The molecule has 0 aliphatic carbocycles. The first-order valence-electron chi connectivity index (χ1n) is 24.2. The molecule has 0 saturated carbocycles. The number of fused-ring (bicyclic) bond motifs is 6. The lowest BCUT2D eigenvalue weighted by atomic mass is 9.84. The smallest absolute Gasteiger partial charge is 0.355 e. The minimum Gasteiger partial charge on any atom is -0.462 e. The minimum absolute atomic E-state index is 0.0115. The molecule has 16 heteroatoms. The Balaban J connectivity index is 1.46. The van der Waals surface area contributed by atoms with Gasteiger partial charge in [0, 0.05) is 80.7 Å². The van der Waals surface area contributed by atoms with E-state index in [0.717, 1.165) is 43.9 Å². The number of hydrogen-bond donors (Lipinski definition) is 4. The van der Waals surface area contributed by atoms with E-state index in [-0.39, 0.29) is 51.6 Å². The van der Waals surface area contributed by atoms with Crippen LogP contribution in [0, 0.1) is 29.1 Å². The molecule has 1 unspecified atom stereocenters. The van der Waals surface area contributed by atoms with Gasteiger partial charge in [-0.15, -0.1) is 0 Å². The van der Waals surface area contributed by atoms with Gasteiger partial charge in [-0.25, -0.2) is 4.79 Å². The van der Waals surface area contributed by atoms with E-state index < -0.39 is 70.3 Å². The average Bonchev–Trinajstić information content (AvgIpc) is 3.81. The van der Waals surface area contributed by atoms with Gasteiger partial charge in [-0.05, 0) is 86.8 Å². The van der Waals surface area contributed by atoms with Crippen molar-refractivity contribution in [3.8, 4) is 23.0 Å². The average molecular weight is 962 g/mol. The molecule has 2 aromatic carbocycles. The number of allylic oxidation sites excluding steroid dienone is 2. The monoisotopic (exact) mass is 962 g/mol. The number of ether oxygens (including phenoxy) is 2. The van der Waals surface area contributed by atoms with Crippen LogP contribution in [0.3, 0.4) is 0 Å². The van der Waals surface area contributed by atoms with E-state index in [9.17, 15) is 34.2 Å². The molecule has 4 heterocycles. The van der Waals surface area contributed by atoms with Crippen molar-refractivity contribution in [1.82, 2.24) is 30.1 Å². The van der Waals surface area contributed by atoms with Crippen LogP contribution in [-0.4, -0.2) is 135 Å². The van der Waals surface area contributed by atoms with Crippen molar-refractivity contribution in [2.24, 2.45) is 22.2 Å². The van der Waals surface area contributed by atoms with E-state index in [1.54, 1.807) is 34.1 Å². The Hall–Kier alpha value is -6.12. The van der Waals surface area contributed by atoms with Crippen molar-refractivity contribution in [3.05, 3.63) is 77.6 Å². The number of methoxy groups -OCH3 is 1. The number of likely N-dealkylation sites (tertiary alicyclic amines) is 1. The summed E-state index contributed by atoms with van der Waals surface area (Å²) in [6, 6.07) is 11.6. The SMILES string of the molecule is C=C/C(=C(\N=C/C)[C@H](C)OC)c1c2c3cc(ccc3n1CC)-c1cccc(c1)C[C@H](NC(=O)[C@H](C(C)C)N(C)C(=O)C1(O)CN(C(=O)C#CC)C[C@@H]1C)C(=O)N1CCC[C@@](O)(N1)C(=O)OCC(C)(C)C2. The Morgan fingerprint density at radius 1 is 1.13 bits per heavy atom. The van der Waals surface area contributed by atoms with E-state index in [1.807, 2.05) is 58.0 Å². The number of rotatable bonds is 11. The molecule has 6 bridgehead atoms. The predicted octanol–water partition coefficient (Wildman–Crippen LogP) is 5.04. The first-order valence-corrected chi connectivity index (χ1v) is 24.2. The van der Waals surface area contributed by atoms with Crippen molar-refractivity contribution < 1.29 is 43.7 Å². The highest BCUT2D eigenvalue weighted by atomic mass is 16.6. The van der Waals surface area contributed by atoms with Crippen LogP contribution < -0.4 is 10.7 Å². The van der Waals surface area contributed by atoms with Crippen molar-refractivity contribution in [2.75, 3.05) is 40.4 Å². The standard InChI is InChI=1S/C54H71N7O9/c1-13-19-44(62)59-30-34(7)53(67,31-59)50(65)58(11)46(33(5)6)48(63)56-42-27-36-20-17-21-37(26-36)38-22-23-43-40(28-38)41(47(60(43)16-4)39(14-2)45(55-15-3)35(8)69-12)29-52(9,10)32-70-51(66)54(68)24-18-25-61(57-54)49(42)64/h14-15,17,20-23,26,28,33-35,42,46,57,67-68H,2,16,18,24-25,27,29-32H2,1,3-12H3,(H,56,63)/b45-39+,55-15-/t34-,35-,42-,46-,53?,54-/m0/s1. The van der Waals surface area contributed by atoms with Crippen LogP contribution in [0.15, 0.2) is 65.8 Å². The quantitative estimate of drug-likeness (QED) is 0.0876. The van der Waals surface area contributed by atoms with E-state index in [1.165, 1.54) is 23.8 Å². The number of likely N-dealkylation sites (N-methyl/N-ethyl adjacent to an activating group) is 1. The number of aromatic nitrogens is 1. The second-order valence-electron chi connectivity index (χ2n) is 20.0. The molecule has 3 aliphatic heterocycles. The summed E-state index contributed by atoms with van der Waals surface area (Å²) in [5, 5.41) is 28.8. The number of carbonyl (C=O) groups is 5. The molecule has 3 aromatic rings. The van der Waals surface area contributed by atoms with Crippen LogP contribution in [0.2, 0.25) is 0 Å². The number of hydrogen-bond acceptors (Lipinski definition) is 11. The second-order valence-corrected chi connectivity index (χ2v) is 20.0. The molecular weight excluding hydrogens is 891 g/mol. The fraction of sp³-hybridized carbons (Fsp3) is 0.519. The number of nitrogens with zero attached hydrogens (tertiary/aromatic N) is 5. The van der Waals surface area contributed by atoms with Gasteiger partial charge in [0.1, 0.15) is 12.1 Å². The maximum absolute atomic E-state index is 14.8. The molecule has 70 heavy (non-hydrogen) atoms. The topological polar surface area (TPSA) is 195 Å². The van der Waals surface area contributed by atoms with Crippen LogP contribution in [0.1, 0.15) is 92.0 Å². The molecule has 6 rings (SSSR count). The van der Waals surface area contributed by atoms with Crippen LogP contribution in [0.5, 0.6) is 0 Å². The van der Waals surface area contributed by atoms with Crippen molar-refractivity contribution in [3.63, 3.8) is 0 Å².